The number of hydrogen-bond acceptors (Lipinski definition) is 14. The molecular weight excluding hydrogens is 464 g/mol. The number of H-pyrrole nitrogens is 2. The molecule has 2 aromatic rings. The molecule has 18 heteroatoms. The van der Waals surface area contributed by atoms with E-state index >= 15 is 0 Å². The van der Waals surface area contributed by atoms with E-state index in [1.165, 1.54) is 0 Å². The Hall–Kier alpha value is -3.10. The summed E-state index contributed by atoms with van der Waals surface area (Å²) in [5.74, 6) is 0. The van der Waals surface area contributed by atoms with Gasteiger partial charge in [0.05, 0.1) is 26.8 Å². The van der Waals surface area contributed by atoms with Gasteiger partial charge in [0.15, 0.2) is 12.4 Å². The summed E-state index contributed by atoms with van der Waals surface area (Å²) in [6, 6.07) is 0. The Labute approximate surface area is 204 Å². The molecule has 0 saturated carbocycles. The van der Waals surface area contributed by atoms with Crippen LogP contribution in [0.5, 0.6) is 0 Å². The zero-order valence-electron chi connectivity index (χ0n) is 28.3. The van der Waals surface area contributed by atoms with Gasteiger partial charge in [0, 0.05) is 0 Å². The maximum absolute atomic E-state index is 11.9. The number of hydrogen-bond donors (Lipinski definition) is 10. The molecule has 0 spiro atoms. The molecule has 4 rings (SSSR count). The molecule has 4 heterocycles. The number of rotatable bonds is 4. The van der Waals surface area contributed by atoms with Crippen molar-refractivity contribution in [2.45, 2.75) is 48.9 Å². The number of ether oxygens (including phenoxy) is 2. The van der Waals surface area contributed by atoms with Crippen LogP contribution in [0.15, 0.2) is 22.2 Å². The van der Waals surface area contributed by atoms with Crippen LogP contribution in [0.1, 0.15) is 28.9 Å². The van der Waals surface area contributed by atoms with Crippen LogP contribution in [0.4, 0.5) is 0 Å². The lowest BCUT2D eigenvalue weighted by molar-refractivity contribution is -0.0556. The maximum Gasteiger partial charge on any atom is 0.331 e. The van der Waals surface area contributed by atoms with Gasteiger partial charge in [0.2, 0.25) is 11.2 Å². The highest BCUT2D eigenvalue weighted by Crippen LogP contribution is 2.28. The predicted octanol–water partition coefficient (Wildman–Crippen LogP) is -6.68. The Morgan fingerprint density at radius 3 is 1.88 bits per heavy atom. The molecule has 2 unspecified atom stereocenters. The summed E-state index contributed by atoms with van der Waals surface area (Å²) >= 11 is 0. The molecule has 2 aliphatic rings. The van der Waals surface area contributed by atoms with Crippen molar-refractivity contribution in [2.24, 2.45) is 0 Å². The van der Waals surface area contributed by atoms with Crippen LogP contribution in [-0.2, 0) is 9.47 Å². The Bertz CT molecular complexity index is 1770. The Balaban J connectivity index is 0.000000251. The molecule has 0 bridgehead atoms. The van der Waals surface area contributed by atoms with Crippen molar-refractivity contribution in [2.75, 3.05) is 13.1 Å². The molecule has 10 N–H and O–H groups in total. The topological polar surface area (TPSA) is 289 Å². The van der Waals surface area contributed by atoms with E-state index in [1.807, 2.05) is 4.98 Å². The van der Waals surface area contributed by atoms with E-state index in [4.69, 9.17) is 32.0 Å². The largest absolute Gasteiger partial charge is 0.394 e. The summed E-state index contributed by atoms with van der Waals surface area (Å²) in [6.07, 6.45) is -28.6. The fraction of sp³-hybridized carbons (Fsp3) is 0.625. The molecule has 18 nitrogen and oxygen atoms in total. The summed E-state index contributed by atoms with van der Waals surface area (Å²) in [5.41, 5.74) is -4.17. The smallest absolute Gasteiger partial charge is 0.331 e. The minimum atomic E-state index is -3.98. The third-order valence-corrected chi connectivity index (χ3v) is 3.93. The van der Waals surface area contributed by atoms with Crippen LogP contribution in [0.3, 0.4) is 0 Å². The average molecular weight is 500 g/mol. The van der Waals surface area contributed by atoms with Crippen molar-refractivity contribution in [1.82, 2.24) is 29.1 Å². The second kappa shape index (κ2) is 10.4. The molecule has 0 amide bonds. The van der Waals surface area contributed by atoms with E-state index < -0.39 is 97.3 Å². The van der Waals surface area contributed by atoms with Gasteiger partial charge >= 0.3 is 11.4 Å². The second-order valence-electron chi connectivity index (χ2n) is 6.01. The monoisotopic (exact) mass is 500 g/mol. The number of aliphatic hydroxyl groups excluding tert-OH is 1. The zero-order chi connectivity index (χ0) is 36.0. The Kier molecular flexibility index (Phi) is 4.21. The molecule has 2 aliphatic heterocycles. The summed E-state index contributed by atoms with van der Waals surface area (Å²) in [4.78, 5) is 33.6. The number of nitrogens with one attached hydrogen (secondary N) is 4. The van der Waals surface area contributed by atoms with Crippen LogP contribution in [-0.4, -0.2) is 109 Å². The lowest BCUT2D eigenvalue weighted by atomic mass is 10.1. The van der Waals surface area contributed by atoms with Gasteiger partial charge in [0.25, 0.3) is 0 Å². The molecule has 2 fully saturated rings. The van der Waals surface area contributed by atoms with Gasteiger partial charge in [0.1, 0.15) is 51.9 Å². The van der Waals surface area contributed by atoms with E-state index in [9.17, 15) is 40.2 Å². The molecule has 8 atom stereocenters. The fourth-order valence-corrected chi connectivity index (χ4v) is 2.40. The molecule has 0 aromatic carbocycles. The summed E-state index contributed by atoms with van der Waals surface area (Å²) < 4.78 is 98.5. The van der Waals surface area contributed by atoms with E-state index in [0.29, 0.717) is 0 Å². The Morgan fingerprint density at radius 1 is 0.941 bits per heavy atom. The third-order valence-electron chi connectivity index (χ3n) is 3.93. The first kappa shape index (κ1) is 13.7. The normalized spacial score (nSPS) is 51.8. The van der Waals surface area contributed by atoms with Gasteiger partial charge in [-0.1, -0.05) is 0 Å². The summed E-state index contributed by atoms with van der Waals surface area (Å²) in [7, 11) is 0. The van der Waals surface area contributed by atoms with Gasteiger partial charge < -0.3 is 40.1 Å². The molecule has 0 radical (unpaired) electrons. The van der Waals surface area contributed by atoms with E-state index in [2.05, 4.69) is 14.7 Å². The first-order chi connectivity index (χ1) is 20.4. The number of aromatic amines is 2. The average Bonchev–Trinajstić information content (AvgIpc) is 3.08. The maximum atomic E-state index is 11.9. The number of aromatic nitrogens is 6. The third kappa shape index (κ3) is 5.03. The highest BCUT2D eigenvalue weighted by Gasteiger charge is 2.44. The molecule has 0 aliphatic carbocycles. The van der Waals surface area contributed by atoms with Crippen molar-refractivity contribution < 1.29 is 56.6 Å². The SMILES string of the molecule is [2H]c1nc(=N)[nH]c(=O)n1[C@@H]1O[C@]([2H])(C([2H])([2H])O)[C@]([2H])(O)C1O.[2H]c1nc(=N)[nH]c(=O)n1[C@]1([2H])O[C@]([2H])(C([2H])([2H])O)[C@]([2H])(O)C1([2H])O. The molecule has 34 heavy (non-hydrogen) atoms. The molecule has 2 saturated heterocycles. The van der Waals surface area contributed by atoms with Crippen molar-refractivity contribution in [3.8, 4) is 0 Å². The van der Waals surface area contributed by atoms with Gasteiger partial charge in [-0.15, -0.1) is 0 Å². The van der Waals surface area contributed by atoms with Crippen molar-refractivity contribution in [1.29, 1.82) is 10.8 Å². The number of nitrogens with zero attached hydrogens (tertiary/aromatic N) is 4. The van der Waals surface area contributed by atoms with Gasteiger partial charge in [-0.3, -0.25) is 29.9 Å². The highest BCUT2D eigenvalue weighted by molar-refractivity contribution is 4.90. The minimum absolute atomic E-state index is 0.209. The van der Waals surface area contributed by atoms with Crippen LogP contribution in [0, 0.1) is 10.8 Å². The minimum Gasteiger partial charge on any atom is -0.394 e. The molecule has 188 valence electrons. The first-order valence-corrected chi connectivity index (χ1v) is 8.53. The van der Waals surface area contributed by atoms with E-state index in [0.717, 1.165) is 0 Å². The molecular formula is C16H24N8O10. The van der Waals surface area contributed by atoms with E-state index in [-0.39, 0.29) is 9.13 Å². The fourth-order valence-electron chi connectivity index (χ4n) is 2.40. The standard InChI is InChI=1S/2C8H12N4O5/c2*9-7-10-2-12(8(16)11-7)6-5(15)4(14)3(1-13)17-6/h2*2-6,13-15H,1H2,(H2,9,11,16)/t2*3-,4+,5?,6-/m11/s1/i1D2,2D,3D,4D,5D,6D;1D2,2D,3D,4D. The van der Waals surface area contributed by atoms with Gasteiger partial charge in [-0.05, 0) is 0 Å². The lowest BCUT2D eigenvalue weighted by Crippen LogP contribution is -2.38. The van der Waals surface area contributed by atoms with Crippen LogP contribution in [0.2, 0.25) is 0 Å². The zero-order valence-corrected chi connectivity index (χ0v) is 16.3. The quantitative estimate of drug-likeness (QED) is 0.187. The van der Waals surface area contributed by atoms with Crippen LogP contribution in [0.25, 0.3) is 0 Å². The predicted molar refractivity (Wildman–Crippen MR) is 103 cm³/mol. The second-order valence-corrected chi connectivity index (χ2v) is 6.01. The van der Waals surface area contributed by atoms with Crippen molar-refractivity contribution in [3.05, 3.63) is 44.8 Å². The van der Waals surface area contributed by atoms with Gasteiger partial charge in [-0.2, -0.15) is 0 Å². The first-order valence-electron chi connectivity index (χ1n) is 14.5. The van der Waals surface area contributed by atoms with Gasteiger partial charge in [-0.25, -0.2) is 19.6 Å². The Morgan fingerprint density at radius 2 is 1.44 bits per heavy atom. The number of aliphatic hydroxyl groups is 6. The van der Waals surface area contributed by atoms with Crippen molar-refractivity contribution >= 4 is 0 Å². The summed E-state index contributed by atoms with van der Waals surface area (Å²) in [6.45, 7) is -7.43. The lowest BCUT2D eigenvalue weighted by Gasteiger charge is -2.16. The van der Waals surface area contributed by atoms with Crippen LogP contribution < -0.4 is 22.6 Å². The van der Waals surface area contributed by atoms with Crippen LogP contribution >= 0.6 is 0 Å². The summed E-state index contributed by atoms with van der Waals surface area (Å²) in [5, 5.41) is 72.8. The van der Waals surface area contributed by atoms with E-state index in [1.54, 1.807) is 4.98 Å². The van der Waals surface area contributed by atoms with Crippen molar-refractivity contribution in [3.63, 3.8) is 0 Å². The highest BCUT2D eigenvalue weighted by atomic mass is 16.6. The molecule has 2 aromatic heterocycles.